The topological polar surface area (TPSA) is 34.0 Å². The Hall–Kier alpha value is -3.02. The van der Waals surface area contributed by atoms with Gasteiger partial charge in [-0.1, -0.05) is 66.2 Å². The van der Waals surface area contributed by atoms with Gasteiger partial charge in [-0.05, 0) is 49.7 Å². The number of likely N-dealkylation sites (tertiary alicyclic amines) is 1. The minimum Gasteiger partial charge on any atom is -0.301 e. The number of thiophene rings is 1. The van der Waals surface area contributed by atoms with Gasteiger partial charge in [0.15, 0.2) is 0 Å². The maximum absolute atomic E-state index is 4.61. The third-order valence-electron chi connectivity index (χ3n) is 6.56. The third-order valence-corrected chi connectivity index (χ3v) is 7.72. The fourth-order valence-corrected chi connectivity index (χ4v) is 5.94. The highest BCUT2D eigenvalue weighted by atomic mass is 32.1. The molecule has 0 aliphatic carbocycles. The fourth-order valence-electron chi connectivity index (χ4n) is 4.85. The molecule has 2 aromatic heterocycles. The lowest BCUT2D eigenvalue weighted by Crippen LogP contribution is -2.35. The zero-order valence-electron chi connectivity index (χ0n) is 18.0. The average molecular weight is 439 g/mol. The minimum atomic E-state index is 0.140. The van der Waals surface area contributed by atoms with Crippen LogP contribution in [0.15, 0.2) is 79.0 Å². The molecule has 0 saturated carbocycles. The molecule has 3 heterocycles. The van der Waals surface area contributed by atoms with Crippen molar-refractivity contribution in [1.29, 1.82) is 0 Å². The van der Waals surface area contributed by atoms with Crippen LogP contribution < -0.4 is 0 Å². The van der Waals surface area contributed by atoms with E-state index in [4.69, 9.17) is 0 Å². The summed E-state index contributed by atoms with van der Waals surface area (Å²) in [5.41, 5.74) is 3.34. The molecule has 1 fully saturated rings. The molecule has 1 unspecified atom stereocenters. The highest BCUT2D eigenvalue weighted by Crippen LogP contribution is 2.36. The first-order valence-electron chi connectivity index (χ1n) is 11.5. The average Bonchev–Trinajstić information content (AvgIpc) is 3.49. The summed E-state index contributed by atoms with van der Waals surface area (Å²) in [6, 6.07) is 26.1. The molecule has 3 aromatic carbocycles. The normalized spacial score (nSPS) is 16.0. The molecule has 5 aromatic rings. The molecule has 5 heteroatoms. The summed E-state index contributed by atoms with van der Waals surface area (Å²) < 4.78 is 4.77. The Kier molecular flexibility index (Phi) is 5.21. The van der Waals surface area contributed by atoms with Gasteiger partial charge in [0.1, 0.15) is 5.69 Å². The number of hydrogen-bond acceptors (Lipinski definition) is 4. The lowest BCUT2D eigenvalue weighted by Gasteiger charge is -2.30. The molecule has 32 heavy (non-hydrogen) atoms. The SMILES string of the molecule is c1ccc(-c2cn(C(CN3CCCCC3)c3ccc4sc5ccccc5c4c3)nn2)cc1. The Balaban J connectivity index is 1.42. The highest BCUT2D eigenvalue weighted by molar-refractivity contribution is 7.25. The molecule has 0 amide bonds. The molecule has 0 radical (unpaired) electrons. The van der Waals surface area contributed by atoms with Crippen molar-refractivity contribution in [2.45, 2.75) is 25.3 Å². The number of hydrogen-bond donors (Lipinski definition) is 0. The largest absolute Gasteiger partial charge is 0.301 e. The van der Waals surface area contributed by atoms with E-state index in [1.54, 1.807) is 0 Å². The van der Waals surface area contributed by atoms with Gasteiger partial charge in [-0.15, -0.1) is 16.4 Å². The second-order valence-corrected chi connectivity index (χ2v) is 9.76. The van der Waals surface area contributed by atoms with E-state index in [0.717, 1.165) is 17.8 Å². The molecular formula is C27H26N4S. The molecule has 0 spiro atoms. The van der Waals surface area contributed by atoms with Crippen LogP contribution in [0.2, 0.25) is 0 Å². The van der Waals surface area contributed by atoms with Crippen LogP contribution in [0.5, 0.6) is 0 Å². The van der Waals surface area contributed by atoms with E-state index in [2.05, 4.69) is 92.8 Å². The van der Waals surface area contributed by atoms with Gasteiger partial charge in [0.05, 0.1) is 12.2 Å². The first-order chi connectivity index (χ1) is 15.8. The Labute approximate surface area is 192 Å². The summed E-state index contributed by atoms with van der Waals surface area (Å²) in [6.45, 7) is 3.30. The van der Waals surface area contributed by atoms with Crippen LogP contribution in [-0.4, -0.2) is 39.5 Å². The van der Waals surface area contributed by atoms with E-state index in [0.29, 0.717) is 0 Å². The van der Waals surface area contributed by atoms with Gasteiger partial charge in [-0.3, -0.25) is 0 Å². The van der Waals surface area contributed by atoms with Gasteiger partial charge in [0, 0.05) is 32.3 Å². The van der Waals surface area contributed by atoms with Crippen LogP contribution >= 0.6 is 11.3 Å². The van der Waals surface area contributed by atoms with Crippen molar-refractivity contribution in [1.82, 2.24) is 19.9 Å². The van der Waals surface area contributed by atoms with Crippen LogP contribution in [0.3, 0.4) is 0 Å². The molecule has 6 rings (SSSR count). The van der Waals surface area contributed by atoms with Crippen molar-refractivity contribution < 1.29 is 0 Å². The smallest absolute Gasteiger partial charge is 0.113 e. The molecular weight excluding hydrogens is 412 g/mol. The van der Waals surface area contributed by atoms with E-state index in [1.807, 2.05) is 17.4 Å². The molecule has 160 valence electrons. The maximum atomic E-state index is 4.61. The van der Waals surface area contributed by atoms with E-state index < -0.39 is 0 Å². The Morgan fingerprint density at radius 3 is 2.47 bits per heavy atom. The number of aromatic nitrogens is 3. The molecule has 4 nitrogen and oxygen atoms in total. The molecule has 1 aliphatic heterocycles. The van der Waals surface area contributed by atoms with Crippen molar-refractivity contribution in [3.8, 4) is 11.3 Å². The first kappa shape index (κ1) is 19.6. The van der Waals surface area contributed by atoms with E-state index in [1.165, 1.54) is 58.1 Å². The summed E-state index contributed by atoms with van der Waals surface area (Å²) >= 11 is 1.87. The van der Waals surface area contributed by atoms with Gasteiger partial charge < -0.3 is 4.90 Å². The van der Waals surface area contributed by atoms with Crippen LogP contribution in [0.1, 0.15) is 30.9 Å². The Bertz CT molecular complexity index is 1350. The molecule has 1 saturated heterocycles. The number of benzene rings is 3. The number of nitrogens with zero attached hydrogens (tertiary/aromatic N) is 4. The number of fused-ring (bicyclic) bond motifs is 3. The third kappa shape index (κ3) is 3.72. The number of piperidine rings is 1. The van der Waals surface area contributed by atoms with Crippen LogP contribution in [0, 0.1) is 0 Å². The maximum Gasteiger partial charge on any atom is 0.113 e. The predicted molar refractivity (Wildman–Crippen MR) is 133 cm³/mol. The van der Waals surface area contributed by atoms with Crippen molar-refractivity contribution in [3.63, 3.8) is 0 Å². The van der Waals surface area contributed by atoms with E-state index in [9.17, 15) is 0 Å². The summed E-state index contributed by atoms with van der Waals surface area (Å²) in [7, 11) is 0. The summed E-state index contributed by atoms with van der Waals surface area (Å²) in [4.78, 5) is 2.59. The predicted octanol–water partition coefficient (Wildman–Crippen LogP) is 6.39. The van der Waals surface area contributed by atoms with Crippen LogP contribution in [0.4, 0.5) is 0 Å². The van der Waals surface area contributed by atoms with Crippen molar-refractivity contribution in [3.05, 3.63) is 84.6 Å². The summed E-state index contributed by atoms with van der Waals surface area (Å²) in [5.74, 6) is 0. The van der Waals surface area contributed by atoms with Gasteiger partial charge >= 0.3 is 0 Å². The zero-order chi connectivity index (χ0) is 21.3. The second kappa shape index (κ2) is 8.49. The molecule has 0 N–H and O–H groups in total. The van der Waals surface area contributed by atoms with Gasteiger partial charge in [-0.25, -0.2) is 4.68 Å². The second-order valence-electron chi connectivity index (χ2n) is 8.68. The summed E-state index contributed by atoms with van der Waals surface area (Å²) in [5, 5.41) is 11.8. The van der Waals surface area contributed by atoms with Crippen molar-refractivity contribution >= 4 is 31.5 Å². The zero-order valence-corrected chi connectivity index (χ0v) is 18.8. The van der Waals surface area contributed by atoms with E-state index >= 15 is 0 Å². The van der Waals surface area contributed by atoms with E-state index in [-0.39, 0.29) is 6.04 Å². The fraction of sp³-hybridized carbons (Fsp3) is 0.259. The van der Waals surface area contributed by atoms with Crippen LogP contribution in [0.25, 0.3) is 31.4 Å². The first-order valence-corrected chi connectivity index (χ1v) is 12.3. The summed E-state index contributed by atoms with van der Waals surface area (Å²) in [6.07, 6.45) is 6.02. The van der Waals surface area contributed by atoms with Gasteiger partial charge in [-0.2, -0.15) is 0 Å². The number of rotatable bonds is 5. The molecule has 0 bridgehead atoms. The lowest BCUT2D eigenvalue weighted by molar-refractivity contribution is 0.202. The van der Waals surface area contributed by atoms with Crippen LogP contribution in [-0.2, 0) is 0 Å². The Morgan fingerprint density at radius 2 is 1.59 bits per heavy atom. The standard InChI is InChI=1S/C27H26N4S/c1-3-9-20(10-4-1)24-18-31(29-28-24)25(19-30-15-7-2-8-16-30)21-13-14-27-23(17-21)22-11-5-6-12-26(22)32-27/h1,3-6,9-14,17-18,25H,2,7-8,15-16,19H2. The quantitative estimate of drug-likeness (QED) is 0.319. The van der Waals surface area contributed by atoms with Crippen molar-refractivity contribution in [2.24, 2.45) is 0 Å². The van der Waals surface area contributed by atoms with Gasteiger partial charge in [0.2, 0.25) is 0 Å². The lowest BCUT2D eigenvalue weighted by atomic mass is 10.0. The van der Waals surface area contributed by atoms with Gasteiger partial charge in [0.25, 0.3) is 0 Å². The molecule has 1 atom stereocenters. The van der Waals surface area contributed by atoms with Crippen molar-refractivity contribution in [2.75, 3.05) is 19.6 Å². The monoisotopic (exact) mass is 438 g/mol. The highest BCUT2D eigenvalue weighted by Gasteiger charge is 2.22. The molecule has 1 aliphatic rings. The minimum absolute atomic E-state index is 0.140. The Morgan fingerprint density at radius 1 is 0.812 bits per heavy atom.